The number of nitrogens with zero attached hydrogens (tertiary/aromatic N) is 2. The van der Waals surface area contributed by atoms with Gasteiger partial charge < -0.3 is 4.74 Å². The molecule has 0 bridgehead atoms. The van der Waals surface area contributed by atoms with Crippen LogP contribution in [0, 0.1) is 5.82 Å². The molecule has 128 valence electrons. The topological polar surface area (TPSA) is 44.1 Å². The van der Waals surface area contributed by atoms with E-state index in [4.69, 9.17) is 27.9 Å². The van der Waals surface area contributed by atoms with E-state index >= 15 is 0 Å². The average Bonchev–Trinajstić information content (AvgIpc) is 2.60. The summed E-state index contributed by atoms with van der Waals surface area (Å²) in [5.41, 5.74) is 1.34. The van der Waals surface area contributed by atoms with Gasteiger partial charge in [0.2, 0.25) is 0 Å². The minimum atomic E-state index is -0.420. The van der Waals surface area contributed by atoms with E-state index in [2.05, 4.69) is 5.10 Å². The number of aromatic nitrogens is 2. The summed E-state index contributed by atoms with van der Waals surface area (Å²) in [4.78, 5) is 12.2. The molecule has 0 spiro atoms. The van der Waals surface area contributed by atoms with Crippen molar-refractivity contribution in [2.75, 3.05) is 7.11 Å². The van der Waals surface area contributed by atoms with Crippen LogP contribution < -0.4 is 10.3 Å². The van der Waals surface area contributed by atoms with E-state index < -0.39 is 5.82 Å². The predicted octanol–water partition coefficient (Wildman–Crippen LogP) is 4.41. The van der Waals surface area contributed by atoms with Crippen molar-refractivity contribution in [2.45, 2.75) is 6.54 Å². The maximum atomic E-state index is 13.4. The molecule has 0 aliphatic rings. The van der Waals surface area contributed by atoms with Gasteiger partial charge in [0.15, 0.2) is 0 Å². The Bertz CT molecular complexity index is 969. The Labute approximate surface area is 153 Å². The van der Waals surface area contributed by atoms with Gasteiger partial charge in [-0.3, -0.25) is 4.79 Å². The summed E-state index contributed by atoms with van der Waals surface area (Å²) < 4.78 is 19.8. The SMILES string of the molecule is COc1cc(F)ccc1-c1ccc(=O)n(Cc2c(Cl)cccc2Cl)n1. The van der Waals surface area contributed by atoms with E-state index in [0.717, 1.165) is 0 Å². The predicted molar refractivity (Wildman–Crippen MR) is 96.0 cm³/mol. The third-order valence-corrected chi connectivity index (χ3v) is 4.38. The van der Waals surface area contributed by atoms with Gasteiger partial charge in [-0.25, -0.2) is 9.07 Å². The number of ether oxygens (including phenoxy) is 1. The maximum Gasteiger partial charge on any atom is 0.267 e. The van der Waals surface area contributed by atoms with E-state index in [9.17, 15) is 9.18 Å². The molecule has 0 unspecified atom stereocenters. The summed E-state index contributed by atoms with van der Waals surface area (Å²) in [5.74, 6) is -0.0924. The van der Waals surface area contributed by atoms with Gasteiger partial charge in [0.25, 0.3) is 5.56 Å². The van der Waals surface area contributed by atoms with Crippen molar-refractivity contribution in [3.8, 4) is 17.0 Å². The Morgan fingerprint density at radius 2 is 1.84 bits per heavy atom. The smallest absolute Gasteiger partial charge is 0.267 e. The largest absolute Gasteiger partial charge is 0.496 e. The fourth-order valence-corrected chi connectivity index (χ4v) is 2.93. The molecule has 0 saturated carbocycles. The normalized spacial score (nSPS) is 10.7. The summed E-state index contributed by atoms with van der Waals surface area (Å²) in [5, 5.41) is 5.24. The first-order valence-corrected chi connectivity index (χ1v) is 8.10. The van der Waals surface area contributed by atoms with Crippen molar-refractivity contribution in [3.05, 3.63) is 80.3 Å². The first-order valence-electron chi connectivity index (χ1n) is 7.34. The highest BCUT2D eigenvalue weighted by Gasteiger charge is 2.12. The van der Waals surface area contributed by atoms with Crippen molar-refractivity contribution in [3.63, 3.8) is 0 Å². The zero-order chi connectivity index (χ0) is 18.0. The Balaban J connectivity index is 2.06. The molecule has 2 aromatic carbocycles. The highest BCUT2D eigenvalue weighted by Crippen LogP contribution is 2.29. The highest BCUT2D eigenvalue weighted by molar-refractivity contribution is 6.35. The molecule has 25 heavy (non-hydrogen) atoms. The zero-order valence-electron chi connectivity index (χ0n) is 13.2. The maximum absolute atomic E-state index is 13.4. The summed E-state index contributed by atoms with van der Waals surface area (Å²) in [6.07, 6.45) is 0. The van der Waals surface area contributed by atoms with E-state index in [-0.39, 0.29) is 12.1 Å². The molecule has 4 nitrogen and oxygen atoms in total. The fraction of sp³-hybridized carbons (Fsp3) is 0.111. The first kappa shape index (κ1) is 17.5. The number of rotatable bonds is 4. The second-order valence-corrected chi connectivity index (χ2v) is 6.07. The molecule has 1 heterocycles. The molecule has 3 rings (SSSR count). The number of hydrogen-bond acceptors (Lipinski definition) is 3. The molecular weight excluding hydrogens is 366 g/mol. The molecule has 7 heteroatoms. The second-order valence-electron chi connectivity index (χ2n) is 5.26. The average molecular weight is 379 g/mol. The number of methoxy groups -OCH3 is 1. The molecule has 0 saturated heterocycles. The summed E-state index contributed by atoms with van der Waals surface area (Å²) >= 11 is 12.3. The number of halogens is 3. The monoisotopic (exact) mass is 378 g/mol. The zero-order valence-corrected chi connectivity index (χ0v) is 14.7. The van der Waals surface area contributed by atoms with Crippen LogP contribution in [-0.4, -0.2) is 16.9 Å². The molecule has 1 aromatic heterocycles. The molecule has 0 radical (unpaired) electrons. The van der Waals surface area contributed by atoms with Crippen LogP contribution in [0.5, 0.6) is 5.75 Å². The van der Waals surface area contributed by atoms with E-state index in [0.29, 0.717) is 32.6 Å². The van der Waals surface area contributed by atoms with Gasteiger partial charge in [-0.2, -0.15) is 5.10 Å². The Morgan fingerprint density at radius 1 is 1.12 bits per heavy atom. The summed E-state index contributed by atoms with van der Waals surface area (Å²) in [6.45, 7) is 0.120. The summed E-state index contributed by atoms with van der Waals surface area (Å²) in [6, 6.07) is 12.2. The third kappa shape index (κ3) is 3.67. The van der Waals surface area contributed by atoms with Gasteiger partial charge in [0, 0.05) is 33.3 Å². The fourth-order valence-electron chi connectivity index (χ4n) is 2.42. The van der Waals surface area contributed by atoms with Gasteiger partial charge >= 0.3 is 0 Å². The first-order chi connectivity index (χ1) is 12.0. The van der Waals surface area contributed by atoms with Gasteiger partial charge in [-0.1, -0.05) is 29.3 Å². The van der Waals surface area contributed by atoms with Crippen molar-refractivity contribution in [1.82, 2.24) is 9.78 Å². The van der Waals surface area contributed by atoms with Crippen LogP contribution in [0.25, 0.3) is 11.3 Å². The van der Waals surface area contributed by atoms with Gasteiger partial charge in [-0.05, 0) is 30.3 Å². The molecule has 3 aromatic rings. The van der Waals surface area contributed by atoms with Crippen LogP contribution in [0.15, 0.2) is 53.3 Å². The number of benzene rings is 2. The highest BCUT2D eigenvalue weighted by atomic mass is 35.5. The van der Waals surface area contributed by atoms with Crippen molar-refractivity contribution in [2.24, 2.45) is 0 Å². The Kier molecular flexibility index (Phi) is 5.06. The van der Waals surface area contributed by atoms with E-state index in [1.54, 1.807) is 30.3 Å². The molecule has 0 aliphatic carbocycles. The minimum absolute atomic E-state index is 0.120. The standard InChI is InChI=1S/C18H13Cl2FN2O2/c1-25-17-9-11(21)5-6-12(17)16-7-8-18(24)23(22-16)10-13-14(19)3-2-4-15(13)20/h2-9H,10H2,1H3. The van der Waals surface area contributed by atoms with Crippen molar-refractivity contribution in [1.29, 1.82) is 0 Å². The second kappa shape index (κ2) is 7.25. The molecule has 0 fully saturated rings. The molecule has 0 amide bonds. The minimum Gasteiger partial charge on any atom is -0.496 e. The van der Waals surface area contributed by atoms with E-state index in [1.807, 2.05) is 0 Å². The van der Waals surface area contributed by atoms with Crippen LogP contribution in [0.3, 0.4) is 0 Å². The molecule has 0 atom stereocenters. The lowest BCUT2D eigenvalue weighted by Crippen LogP contribution is -2.23. The van der Waals surface area contributed by atoms with Gasteiger partial charge in [-0.15, -0.1) is 0 Å². The number of hydrogen-bond donors (Lipinski definition) is 0. The van der Waals surface area contributed by atoms with Crippen LogP contribution in [0.1, 0.15) is 5.56 Å². The summed E-state index contributed by atoms with van der Waals surface area (Å²) in [7, 11) is 1.44. The van der Waals surface area contributed by atoms with E-state index in [1.165, 1.54) is 30.0 Å². The molecule has 0 aliphatic heterocycles. The lowest BCUT2D eigenvalue weighted by atomic mass is 10.1. The molecular formula is C18H13Cl2FN2O2. The lowest BCUT2D eigenvalue weighted by Gasteiger charge is -2.12. The quantitative estimate of drug-likeness (QED) is 0.675. The third-order valence-electron chi connectivity index (χ3n) is 3.68. The molecule has 0 N–H and O–H groups in total. The van der Waals surface area contributed by atoms with Crippen LogP contribution in [0.2, 0.25) is 10.0 Å². The Hall–Kier alpha value is -2.37. The van der Waals surface area contributed by atoms with Crippen LogP contribution in [0.4, 0.5) is 4.39 Å². The van der Waals surface area contributed by atoms with Gasteiger partial charge in [0.05, 0.1) is 19.3 Å². The lowest BCUT2D eigenvalue weighted by molar-refractivity contribution is 0.412. The van der Waals surface area contributed by atoms with Crippen molar-refractivity contribution >= 4 is 23.2 Å². The van der Waals surface area contributed by atoms with Crippen molar-refractivity contribution < 1.29 is 9.13 Å². The Morgan fingerprint density at radius 3 is 2.52 bits per heavy atom. The van der Waals surface area contributed by atoms with Gasteiger partial charge in [0.1, 0.15) is 11.6 Å². The van der Waals surface area contributed by atoms with Crippen LogP contribution in [-0.2, 0) is 6.54 Å². The van der Waals surface area contributed by atoms with Crippen LogP contribution >= 0.6 is 23.2 Å².